The normalized spacial score (nSPS) is 11.6. The average molecular weight is 286 g/mol. The molecule has 0 bridgehead atoms. The van der Waals surface area contributed by atoms with E-state index in [1.54, 1.807) is 30.3 Å². The van der Waals surface area contributed by atoms with Crippen molar-refractivity contribution in [1.82, 2.24) is 0 Å². The van der Waals surface area contributed by atoms with Crippen LogP contribution in [0.2, 0.25) is 5.02 Å². The Kier molecular flexibility index (Phi) is 3.71. The van der Waals surface area contributed by atoms with E-state index in [4.69, 9.17) is 17.3 Å². The molecule has 0 saturated heterocycles. The Balaban J connectivity index is 2.33. The van der Waals surface area contributed by atoms with Gasteiger partial charge in [0.1, 0.15) is 0 Å². The van der Waals surface area contributed by atoms with Crippen molar-refractivity contribution in [3.63, 3.8) is 0 Å². The summed E-state index contributed by atoms with van der Waals surface area (Å²) in [5.41, 5.74) is 5.90. The number of halogens is 4. The van der Waals surface area contributed by atoms with Crippen LogP contribution >= 0.6 is 11.6 Å². The Hall–Kier alpha value is -1.68. The minimum Gasteiger partial charge on any atom is -0.398 e. The SMILES string of the molecule is Nc1c(Cc2ccc(Cl)cc2)cccc1C(F)(F)F. The molecular weight excluding hydrogens is 275 g/mol. The fraction of sp³-hybridized carbons (Fsp3) is 0.143. The zero-order chi connectivity index (χ0) is 14.0. The van der Waals surface area contributed by atoms with Gasteiger partial charge in [-0.15, -0.1) is 0 Å². The van der Waals surface area contributed by atoms with Crippen LogP contribution in [0.25, 0.3) is 0 Å². The maximum Gasteiger partial charge on any atom is 0.418 e. The summed E-state index contributed by atoms with van der Waals surface area (Å²) < 4.78 is 38.2. The molecule has 2 rings (SSSR count). The lowest BCUT2D eigenvalue weighted by atomic mass is 10.00. The Labute approximate surface area is 113 Å². The highest BCUT2D eigenvalue weighted by Crippen LogP contribution is 2.35. The van der Waals surface area contributed by atoms with Gasteiger partial charge in [-0.05, 0) is 35.7 Å². The molecule has 5 heteroatoms. The smallest absolute Gasteiger partial charge is 0.398 e. The monoisotopic (exact) mass is 285 g/mol. The maximum atomic E-state index is 12.7. The maximum absolute atomic E-state index is 12.7. The molecule has 0 atom stereocenters. The highest BCUT2D eigenvalue weighted by atomic mass is 35.5. The molecule has 0 amide bonds. The third-order valence-electron chi connectivity index (χ3n) is 2.81. The van der Waals surface area contributed by atoms with E-state index in [9.17, 15) is 13.2 Å². The van der Waals surface area contributed by atoms with Gasteiger partial charge in [-0.25, -0.2) is 0 Å². The predicted molar refractivity (Wildman–Crippen MR) is 70.1 cm³/mol. The van der Waals surface area contributed by atoms with Gasteiger partial charge in [0, 0.05) is 10.7 Å². The Morgan fingerprint density at radius 3 is 2.21 bits per heavy atom. The van der Waals surface area contributed by atoms with Crippen LogP contribution in [-0.2, 0) is 12.6 Å². The molecule has 0 unspecified atom stereocenters. The summed E-state index contributed by atoms with van der Waals surface area (Å²) in [6.07, 6.45) is -4.09. The first-order valence-corrected chi connectivity index (χ1v) is 5.95. The minimum atomic E-state index is -4.43. The number of hydrogen-bond donors (Lipinski definition) is 1. The van der Waals surface area contributed by atoms with Gasteiger partial charge in [0.25, 0.3) is 0 Å². The number of anilines is 1. The second-order valence-electron chi connectivity index (χ2n) is 4.18. The molecule has 0 aromatic heterocycles. The van der Waals surface area contributed by atoms with E-state index in [-0.39, 0.29) is 5.69 Å². The molecule has 0 heterocycles. The Morgan fingerprint density at radius 2 is 1.63 bits per heavy atom. The summed E-state index contributed by atoms with van der Waals surface area (Å²) in [4.78, 5) is 0. The van der Waals surface area contributed by atoms with Crippen molar-refractivity contribution in [2.45, 2.75) is 12.6 Å². The van der Waals surface area contributed by atoms with E-state index >= 15 is 0 Å². The van der Waals surface area contributed by atoms with Crippen molar-refractivity contribution in [2.75, 3.05) is 5.73 Å². The van der Waals surface area contributed by atoms with E-state index in [2.05, 4.69) is 0 Å². The van der Waals surface area contributed by atoms with Gasteiger partial charge in [0.2, 0.25) is 0 Å². The van der Waals surface area contributed by atoms with Crippen molar-refractivity contribution in [1.29, 1.82) is 0 Å². The number of benzene rings is 2. The molecule has 0 aliphatic rings. The lowest BCUT2D eigenvalue weighted by molar-refractivity contribution is -0.136. The second-order valence-corrected chi connectivity index (χ2v) is 4.62. The number of alkyl halides is 3. The fourth-order valence-electron chi connectivity index (χ4n) is 1.84. The van der Waals surface area contributed by atoms with Crippen molar-refractivity contribution in [2.24, 2.45) is 0 Å². The molecule has 0 aliphatic carbocycles. The van der Waals surface area contributed by atoms with Crippen LogP contribution in [-0.4, -0.2) is 0 Å². The first-order chi connectivity index (χ1) is 8.88. The molecule has 100 valence electrons. The zero-order valence-corrected chi connectivity index (χ0v) is 10.6. The summed E-state index contributed by atoms with van der Waals surface area (Å²) in [7, 11) is 0. The van der Waals surface area contributed by atoms with Crippen LogP contribution in [0.5, 0.6) is 0 Å². The van der Waals surface area contributed by atoms with Crippen LogP contribution in [0, 0.1) is 0 Å². The number of nitrogens with two attached hydrogens (primary N) is 1. The van der Waals surface area contributed by atoms with E-state index in [0.29, 0.717) is 17.0 Å². The van der Waals surface area contributed by atoms with Gasteiger partial charge in [-0.1, -0.05) is 35.9 Å². The molecule has 0 saturated carbocycles. The topological polar surface area (TPSA) is 26.0 Å². The summed E-state index contributed by atoms with van der Waals surface area (Å²) in [5.74, 6) is 0. The van der Waals surface area contributed by atoms with Crippen LogP contribution < -0.4 is 5.73 Å². The molecule has 2 N–H and O–H groups in total. The zero-order valence-electron chi connectivity index (χ0n) is 9.84. The summed E-state index contributed by atoms with van der Waals surface area (Å²) >= 11 is 5.76. The summed E-state index contributed by atoms with van der Waals surface area (Å²) in [6, 6.07) is 10.9. The minimum absolute atomic E-state index is 0.218. The summed E-state index contributed by atoms with van der Waals surface area (Å²) in [5, 5.41) is 0.584. The van der Waals surface area contributed by atoms with Crippen molar-refractivity contribution < 1.29 is 13.2 Å². The van der Waals surface area contributed by atoms with E-state index in [0.717, 1.165) is 11.6 Å². The standard InChI is InChI=1S/C14H11ClF3N/c15-11-6-4-9(5-7-11)8-10-2-1-3-12(13(10)19)14(16,17)18/h1-7H,8,19H2. The number of rotatable bonds is 2. The van der Waals surface area contributed by atoms with Crippen LogP contribution in [0.4, 0.5) is 18.9 Å². The van der Waals surface area contributed by atoms with Gasteiger partial charge >= 0.3 is 6.18 Å². The molecule has 1 nitrogen and oxygen atoms in total. The molecule has 0 spiro atoms. The molecule has 0 aliphatic heterocycles. The highest BCUT2D eigenvalue weighted by Gasteiger charge is 2.33. The quantitative estimate of drug-likeness (QED) is 0.806. The van der Waals surface area contributed by atoms with Gasteiger partial charge in [-0.3, -0.25) is 0 Å². The van der Waals surface area contributed by atoms with E-state index in [1.807, 2.05) is 0 Å². The Bertz CT molecular complexity index is 576. The van der Waals surface area contributed by atoms with Gasteiger partial charge in [0.15, 0.2) is 0 Å². The summed E-state index contributed by atoms with van der Waals surface area (Å²) in [6.45, 7) is 0. The second kappa shape index (κ2) is 5.13. The first-order valence-electron chi connectivity index (χ1n) is 5.57. The fourth-order valence-corrected chi connectivity index (χ4v) is 1.96. The molecule has 19 heavy (non-hydrogen) atoms. The first kappa shape index (κ1) is 13.7. The lowest BCUT2D eigenvalue weighted by Gasteiger charge is -2.13. The van der Waals surface area contributed by atoms with Crippen LogP contribution in [0.1, 0.15) is 16.7 Å². The van der Waals surface area contributed by atoms with Crippen molar-refractivity contribution in [3.05, 3.63) is 64.2 Å². The van der Waals surface area contributed by atoms with Gasteiger partial charge in [0.05, 0.1) is 5.56 Å². The average Bonchev–Trinajstić information content (AvgIpc) is 2.33. The third kappa shape index (κ3) is 3.20. The lowest BCUT2D eigenvalue weighted by Crippen LogP contribution is -2.10. The molecule has 0 radical (unpaired) electrons. The van der Waals surface area contributed by atoms with Gasteiger partial charge < -0.3 is 5.73 Å². The number of para-hydroxylation sites is 1. The molecule has 0 fully saturated rings. The number of nitrogen functional groups attached to an aromatic ring is 1. The van der Waals surface area contributed by atoms with E-state index in [1.165, 1.54) is 6.07 Å². The van der Waals surface area contributed by atoms with Gasteiger partial charge in [-0.2, -0.15) is 13.2 Å². The van der Waals surface area contributed by atoms with Crippen molar-refractivity contribution >= 4 is 17.3 Å². The van der Waals surface area contributed by atoms with Crippen molar-refractivity contribution in [3.8, 4) is 0 Å². The molecular formula is C14H11ClF3N. The molecule has 2 aromatic rings. The Morgan fingerprint density at radius 1 is 1.00 bits per heavy atom. The van der Waals surface area contributed by atoms with E-state index < -0.39 is 11.7 Å². The third-order valence-corrected chi connectivity index (χ3v) is 3.06. The highest BCUT2D eigenvalue weighted by molar-refractivity contribution is 6.30. The molecule has 2 aromatic carbocycles. The van der Waals surface area contributed by atoms with Crippen LogP contribution in [0.15, 0.2) is 42.5 Å². The largest absolute Gasteiger partial charge is 0.418 e. The predicted octanol–water partition coefficient (Wildman–Crippen LogP) is 4.53. The van der Waals surface area contributed by atoms with Crippen LogP contribution in [0.3, 0.4) is 0 Å². The number of hydrogen-bond acceptors (Lipinski definition) is 1.